The third kappa shape index (κ3) is 4.61. The van der Waals surface area contributed by atoms with E-state index in [1.54, 1.807) is 30.6 Å². The van der Waals surface area contributed by atoms with Gasteiger partial charge in [0.2, 0.25) is 0 Å². The summed E-state index contributed by atoms with van der Waals surface area (Å²) in [5.74, 6) is -0.345. The topological polar surface area (TPSA) is 54.7 Å². The van der Waals surface area contributed by atoms with Gasteiger partial charge in [-0.2, -0.15) is 0 Å². The number of anilines is 1. The van der Waals surface area contributed by atoms with E-state index < -0.39 is 0 Å². The summed E-state index contributed by atoms with van der Waals surface area (Å²) in [7, 11) is 1.58. The van der Waals surface area contributed by atoms with E-state index in [4.69, 9.17) is 9.15 Å². The Balaban J connectivity index is 2.00. The second-order valence-electron chi connectivity index (χ2n) is 4.48. The molecule has 2 amide bonds. The van der Waals surface area contributed by atoms with Crippen molar-refractivity contribution < 1.29 is 18.3 Å². The van der Waals surface area contributed by atoms with Crippen LogP contribution in [0.25, 0.3) is 0 Å². The fourth-order valence-corrected chi connectivity index (χ4v) is 1.79. The number of hydrogen-bond donors (Lipinski definition) is 1. The van der Waals surface area contributed by atoms with E-state index in [9.17, 15) is 9.18 Å². The molecule has 0 aliphatic carbocycles. The quantitative estimate of drug-likeness (QED) is 0.890. The third-order valence-electron chi connectivity index (χ3n) is 2.90. The molecule has 112 valence electrons. The second kappa shape index (κ2) is 7.44. The monoisotopic (exact) mass is 292 g/mol. The molecule has 0 bridgehead atoms. The summed E-state index contributed by atoms with van der Waals surface area (Å²) >= 11 is 0. The number of carbonyl (C=O) groups is 1. The van der Waals surface area contributed by atoms with Crippen LogP contribution in [0.4, 0.5) is 14.9 Å². The molecule has 1 aromatic heterocycles. The van der Waals surface area contributed by atoms with Crippen molar-refractivity contribution in [1.29, 1.82) is 0 Å². The number of nitrogens with zero attached hydrogens (tertiary/aromatic N) is 1. The molecule has 21 heavy (non-hydrogen) atoms. The van der Waals surface area contributed by atoms with Crippen molar-refractivity contribution in [2.75, 3.05) is 25.6 Å². The second-order valence-corrected chi connectivity index (χ2v) is 4.48. The minimum Gasteiger partial charge on any atom is -0.472 e. The highest BCUT2D eigenvalue weighted by Crippen LogP contribution is 2.11. The van der Waals surface area contributed by atoms with Crippen LogP contribution in [0.2, 0.25) is 0 Å². The van der Waals surface area contributed by atoms with Crippen LogP contribution >= 0.6 is 0 Å². The Hall–Kier alpha value is -2.34. The summed E-state index contributed by atoms with van der Waals surface area (Å²) in [6.45, 7) is 1.27. The number of rotatable bonds is 6. The van der Waals surface area contributed by atoms with Crippen molar-refractivity contribution in [2.45, 2.75) is 6.54 Å². The largest absolute Gasteiger partial charge is 0.472 e. The highest BCUT2D eigenvalue weighted by Gasteiger charge is 2.14. The van der Waals surface area contributed by atoms with Crippen molar-refractivity contribution in [2.24, 2.45) is 0 Å². The predicted molar refractivity (Wildman–Crippen MR) is 76.4 cm³/mol. The van der Waals surface area contributed by atoms with Crippen LogP contribution in [0.5, 0.6) is 0 Å². The van der Waals surface area contributed by atoms with E-state index in [2.05, 4.69) is 5.32 Å². The molecule has 1 heterocycles. The number of urea groups is 1. The molecule has 0 saturated carbocycles. The lowest BCUT2D eigenvalue weighted by Gasteiger charge is -2.22. The molecule has 5 nitrogen and oxygen atoms in total. The Morgan fingerprint density at radius 2 is 2.10 bits per heavy atom. The van der Waals surface area contributed by atoms with Crippen LogP contribution in [0.15, 0.2) is 47.3 Å². The highest BCUT2D eigenvalue weighted by molar-refractivity contribution is 5.89. The zero-order valence-electron chi connectivity index (χ0n) is 11.7. The molecule has 0 radical (unpaired) electrons. The van der Waals surface area contributed by atoms with Crippen LogP contribution in [0, 0.1) is 5.82 Å². The normalized spacial score (nSPS) is 10.4. The summed E-state index contributed by atoms with van der Waals surface area (Å²) in [5.41, 5.74) is 1.43. The molecule has 2 aromatic rings. The van der Waals surface area contributed by atoms with Gasteiger partial charge < -0.3 is 19.4 Å². The predicted octanol–water partition coefficient (Wildman–Crippen LogP) is 3.10. The summed E-state index contributed by atoms with van der Waals surface area (Å²) in [6, 6.07) is 7.14. The summed E-state index contributed by atoms with van der Waals surface area (Å²) in [5, 5.41) is 2.72. The molecular weight excluding hydrogens is 275 g/mol. The van der Waals surface area contributed by atoms with Crippen molar-refractivity contribution in [3.63, 3.8) is 0 Å². The molecule has 0 spiro atoms. The lowest BCUT2D eigenvalue weighted by atomic mass is 10.3. The number of halogens is 1. The van der Waals surface area contributed by atoms with Gasteiger partial charge in [-0.05, 0) is 30.3 Å². The molecule has 0 atom stereocenters. The number of furan rings is 1. The number of nitrogens with one attached hydrogen (secondary N) is 1. The maximum absolute atomic E-state index is 12.9. The molecule has 0 aliphatic heterocycles. The number of carbonyl (C=O) groups excluding carboxylic acids is 1. The number of ether oxygens (including phenoxy) is 1. The summed E-state index contributed by atoms with van der Waals surface area (Å²) in [4.78, 5) is 13.9. The van der Waals surface area contributed by atoms with Crippen molar-refractivity contribution in [3.8, 4) is 0 Å². The number of hydrogen-bond acceptors (Lipinski definition) is 3. The Bertz CT molecular complexity index is 555. The van der Waals surface area contributed by atoms with Crippen LogP contribution in [-0.4, -0.2) is 31.2 Å². The van der Waals surface area contributed by atoms with E-state index >= 15 is 0 Å². The van der Waals surface area contributed by atoms with Gasteiger partial charge in [0.15, 0.2) is 0 Å². The average Bonchev–Trinajstić information content (AvgIpc) is 2.98. The average molecular weight is 292 g/mol. The molecule has 6 heteroatoms. The van der Waals surface area contributed by atoms with Gasteiger partial charge in [-0.15, -0.1) is 0 Å². The maximum Gasteiger partial charge on any atom is 0.322 e. The fourth-order valence-electron chi connectivity index (χ4n) is 1.79. The zero-order valence-corrected chi connectivity index (χ0v) is 11.7. The van der Waals surface area contributed by atoms with Gasteiger partial charge in [0, 0.05) is 24.9 Å². The standard InChI is InChI=1S/C15H17FN2O3/c1-20-9-7-18(10-12-6-8-21-11-12)15(19)17-14-4-2-13(16)3-5-14/h2-6,8,11H,7,9-10H2,1H3,(H,17,19). The number of benzene rings is 1. The maximum atomic E-state index is 12.9. The third-order valence-corrected chi connectivity index (χ3v) is 2.90. The molecule has 1 N–H and O–H groups in total. The van der Waals surface area contributed by atoms with Gasteiger partial charge in [0.25, 0.3) is 0 Å². The first-order valence-corrected chi connectivity index (χ1v) is 6.50. The first-order chi connectivity index (χ1) is 10.2. The van der Waals surface area contributed by atoms with E-state index in [0.717, 1.165) is 5.56 Å². The first-order valence-electron chi connectivity index (χ1n) is 6.50. The Kier molecular flexibility index (Phi) is 5.34. The Labute approximate surface area is 122 Å². The summed E-state index contributed by atoms with van der Waals surface area (Å²) in [6.07, 6.45) is 3.15. The molecule has 0 aliphatic rings. The van der Waals surface area contributed by atoms with Gasteiger partial charge in [-0.1, -0.05) is 0 Å². The molecular formula is C15H17FN2O3. The van der Waals surface area contributed by atoms with Crippen LogP contribution in [-0.2, 0) is 11.3 Å². The lowest BCUT2D eigenvalue weighted by Crippen LogP contribution is -2.36. The van der Waals surface area contributed by atoms with Crippen LogP contribution in [0.3, 0.4) is 0 Å². The fraction of sp³-hybridized carbons (Fsp3) is 0.267. The number of amides is 2. The van der Waals surface area contributed by atoms with Crippen molar-refractivity contribution in [3.05, 3.63) is 54.2 Å². The van der Waals surface area contributed by atoms with Crippen LogP contribution in [0.1, 0.15) is 5.56 Å². The highest BCUT2D eigenvalue weighted by atomic mass is 19.1. The van der Waals surface area contributed by atoms with Gasteiger partial charge >= 0.3 is 6.03 Å². The SMILES string of the molecule is COCCN(Cc1ccoc1)C(=O)Nc1ccc(F)cc1. The van der Waals surface area contributed by atoms with E-state index in [-0.39, 0.29) is 11.8 Å². The van der Waals surface area contributed by atoms with E-state index in [0.29, 0.717) is 25.4 Å². The van der Waals surface area contributed by atoms with Crippen molar-refractivity contribution >= 4 is 11.7 Å². The molecule has 0 fully saturated rings. The van der Waals surface area contributed by atoms with Gasteiger partial charge in [-0.25, -0.2) is 9.18 Å². The van der Waals surface area contributed by atoms with Crippen molar-refractivity contribution in [1.82, 2.24) is 4.90 Å². The van der Waals surface area contributed by atoms with E-state index in [1.807, 2.05) is 0 Å². The smallest absolute Gasteiger partial charge is 0.322 e. The van der Waals surface area contributed by atoms with Gasteiger partial charge in [0.1, 0.15) is 5.82 Å². The lowest BCUT2D eigenvalue weighted by molar-refractivity contribution is 0.152. The van der Waals surface area contributed by atoms with Crippen LogP contribution < -0.4 is 5.32 Å². The molecule has 2 rings (SSSR count). The van der Waals surface area contributed by atoms with Gasteiger partial charge in [0.05, 0.1) is 25.7 Å². The molecule has 0 unspecified atom stereocenters. The Morgan fingerprint density at radius 3 is 2.71 bits per heavy atom. The number of methoxy groups -OCH3 is 1. The molecule has 0 saturated heterocycles. The van der Waals surface area contributed by atoms with Gasteiger partial charge in [-0.3, -0.25) is 0 Å². The molecule has 1 aromatic carbocycles. The first kappa shape index (κ1) is 15.1. The zero-order chi connectivity index (χ0) is 15.1. The Morgan fingerprint density at radius 1 is 1.33 bits per heavy atom. The summed E-state index contributed by atoms with van der Waals surface area (Å²) < 4.78 is 22.9. The minimum absolute atomic E-state index is 0.278. The van der Waals surface area contributed by atoms with E-state index in [1.165, 1.54) is 24.3 Å². The minimum atomic E-state index is -0.345.